The Bertz CT molecular complexity index is 1150. The van der Waals surface area contributed by atoms with Crippen molar-refractivity contribution in [1.82, 2.24) is 10.3 Å². The van der Waals surface area contributed by atoms with Gasteiger partial charge in [-0.05, 0) is 41.7 Å². The van der Waals surface area contributed by atoms with E-state index in [0.717, 1.165) is 12.8 Å². The maximum absolute atomic E-state index is 12.2. The van der Waals surface area contributed by atoms with Crippen molar-refractivity contribution in [2.75, 3.05) is 6.54 Å². The second-order valence-electron chi connectivity index (χ2n) is 7.56. The van der Waals surface area contributed by atoms with Crippen molar-refractivity contribution >= 4 is 16.9 Å². The largest absolute Gasteiger partial charge is 0.506 e. The highest BCUT2D eigenvalue weighted by Gasteiger charge is 2.24. The molecule has 0 radical (unpaired) electrons. The molecule has 156 valence electrons. The Morgan fingerprint density at radius 3 is 2.40 bits per heavy atom. The van der Waals surface area contributed by atoms with E-state index in [4.69, 9.17) is 5.11 Å². The molecule has 30 heavy (non-hydrogen) atoms. The number of hydrogen-bond acceptors (Lipinski definition) is 6. The second kappa shape index (κ2) is 7.91. The highest BCUT2D eigenvalue weighted by Crippen LogP contribution is 2.30. The molecule has 1 aromatic heterocycles. The van der Waals surface area contributed by atoms with Crippen LogP contribution in [0.2, 0.25) is 0 Å². The van der Waals surface area contributed by atoms with Crippen LogP contribution < -0.4 is 10.9 Å². The summed E-state index contributed by atoms with van der Waals surface area (Å²) in [5.74, 6) is -1.78. The van der Waals surface area contributed by atoms with E-state index in [1.807, 2.05) is 12.1 Å². The summed E-state index contributed by atoms with van der Waals surface area (Å²) in [6.45, 7) is 0.231. The summed E-state index contributed by atoms with van der Waals surface area (Å²) in [4.78, 5) is 25.7. The third-order valence-corrected chi connectivity index (χ3v) is 5.60. The minimum absolute atomic E-state index is 0.0751. The highest BCUT2D eigenvalue weighted by molar-refractivity contribution is 5.89. The molecule has 2 atom stereocenters. The van der Waals surface area contributed by atoms with Crippen molar-refractivity contribution in [2.45, 2.75) is 31.1 Å². The maximum atomic E-state index is 12.2. The van der Waals surface area contributed by atoms with Gasteiger partial charge < -0.3 is 30.7 Å². The Balaban J connectivity index is 1.60. The lowest BCUT2D eigenvalue weighted by atomic mass is 9.99. The van der Waals surface area contributed by atoms with Crippen molar-refractivity contribution in [3.63, 3.8) is 0 Å². The number of phenols is 1. The maximum Gasteiger partial charge on any atom is 0.337 e. The lowest BCUT2D eigenvalue weighted by Crippen LogP contribution is -2.33. The number of H-pyrrole nitrogens is 1. The number of aliphatic hydroxyl groups excluding tert-OH is 2. The number of aromatic amines is 1. The van der Waals surface area contributed by atoms with Gasteiger partial charge in [0.25, 0.3) is 5.56 Å². The monoisotopic (exact) mass is 410 g/mol. The SMILES string of the molecule is O=C(O)C(O)c1cc2c(C(O)CNC3Cc4ccccc4C3)ccc(O)c2[nH]c1=O. The van der Waals surface area contributed by atoms with Crippen LogP contribution in [0.5, 0.6) is 5.75 Å². The second-order valence-corrected chi connectivity index (χ2v) is 7.56. The lowest BCUT2D eigenvalue weighted by Gasteiger charge is -2.19. The van der Waals surface area contributed by atoms with E-state index in [2.05, 4.69) is 22.4 Å². The summed E-state index contributed by atoms with van der Waals surface area (Å²) < 4.78 is 0. The van der Waals surface area contributed by atoms with Crippen LogP contribution in [0.4, 0.5) is 0 Å². The van der Waals surface area contributed by atoms with Gasteiger partial charge in [-0.3, -0.25) is 4.79 Å². The van der Waals surface area contributed by atoms with Gasteiger partial charge in [0.05, 0.1) is 17.2 Å². The molecule has 4 rings (SSSR count). The highest BCUT2D eigenvalue weighted by atomic mass is 16.4. The van der Waals surface area contributed by atoms with E-state index >= 15 is 0 Å². The molecule has 0 aliphatic heterocycles. The van der Waals surface area contributed by atoms with E-state index in [0.29, 0.717) is 5.56 Å². The molecule has 2 unspecified atom stereocenters. The normalized spacial score (nSPS) is 15.8. The number of carboxylic acid groups (broad SMARTS) is 1. The van der Waals surface area contributed by atoms with Crippen LogP contribution in [0.25, 0.3) is 10.9 Å². The number of phenolic OH excluding ortho intramolecular Hbond substituents is 1. The van der Waals surface area contributed by atoms with E-state index in [1.54, 1.807) is 0 Å². The van der Waals surface area contributed by atoms with Crippen LogP contribution in [0.3, 0.4) is 0 Å². The molecule has 0 amide bonds. The van der Waals surface area contributed by atoms with Crippen LogP contribution >= 0.6 is 0 Å². The zero-order valence-corrected chi connectivity index (χ0v) is 16.0. The van der Waals surface area contributed by atoms with Gasteiger partial charge in [0, 0.05) is 18.0 Å². The first-order valence-electron chi connectivity index (χ1n) is 9.63. The van der Waals surface area contributed by atoms with Gasteiger partial charge in [-0.25, -0.2) is 4.79 Å². The zero-order chi connectivity index (χ0) is 21.4. The first-order valence-corrected chi connectivity index (χ1v) is 9.63. The molecule has 6 N–H and O–H groups in total. The first-order chi connectivity index (χ1) is 14.3. The number of carbonyl (C=O) groups is 1. The van der Waals surface area contributed by atoms with Gasteiger partial charge >= 0.3 is 5.97 Å². The molecule has 1 aliphatic rings. The number of aliphatic carboxylic acids is 1. The van der Waals surface area contributed by atoms with Gasteiger partial charge in [-0.15, -0.1) is 0 Å². The number of aliphatic hydroxyl groups is 2. The number of benzene rings is 2. The molecule has 8 nitrogen and oxygen atoms in total. The van der Waals surface area contributed by atoms with Crippen molar-refractivity contribution in [1.29, 1.82) is 0 Å². The van der Waals surface area contributed by atoms with Crippen LogP contribution in [0, 0.1) is 0 Å². The number of rotatable bonds is 6. The third-order valence-electron chi connectivity index (χ3n) is 5.60. The number of nitrogens with one attached hydrogen (secondary N) is 2. The van der Waals surface area contributed by atoms with E-state index in [-0.39, 0.29) is 34.8 Å². The van der Waals surface area contributed by atoms with Crippen molar-refractivity contribution in [2.24, 2.45) is 0 Å². The van der Waals surface area contributed by atoms with Crippen molar-refractivity contribution < 1.29 is 25.2 Å². The fourth-order valence-electron chi connectivity index (χ4n) is 4.04. The predicted octanol–water partition coefficient (Wildman–Crippen LogP) is 1.14. The predicted molar refractivity (Wildman–Crippen MR) is 109 cm³/mol. The molecule has 1 heterocycles. The molecular weight excluding hydrogens is 388 g/mol. The zero-order valence-electron chi connectivity index (χ0n) is 16.0. The average molecular weight is 410 g/mol. The molecule has 8 heteroatoms. The Morgan fingerprint density at radius 1 is 1.10 bits per heavy atom. The van der Waals surface area contributed by atoms with Gasteiger partial charge in [0.1, 0.15) is 5.75 Å². The summed E-state index contributed by atoms with van der Waals surface area (Å²) in [5, 5.41) is 43.3. The van der Waals surface area contributed by atoms with Crippen molar-refractivity contribution in [3.8, 4) is 5.75 Å². The number of hydrogen-bond donors (Lipinski definition) is 6. The smallest absolute Gasteiger partial charge is 0.337 e. The van der Waals surface area contributed by atoms with E-state index in [1.165, 1.54) is 29.3 Å². The van der Waals surface area contributed by atoms with Gasteiger partial charge in [0.2, 0.25) is 0 Å². The average Bonchev–Trinajstić information content (AvgIpc) is 3.15. The number of aromatic hydroxyl groups is 1. The molecule has 0 saturated carbocycles. The van der Waals surface area contributed by atoms with Crippen LogP contribution in [0.15, 0.2) is 47.3 Å². The van der Waals surface area contributed by atoms with Crippen LogP contribution in [-0.4, -0.2) is 44.0 Å². The number of carboxylic acids is 1. The summed E-state index contributed by atoms with van der Waals surface area (Å²) in [6, 6.07) is 12.4. The quantitative estimate of drug-likeness (QED) is 0.358. The molecule has 0 bridgehead atoms. The minimum atomic E-state index is -2.01. The van der Waals surface area contributed by atoms with Gasteiger partial charge in [-0.2, -0.15) is 0 Å². The molecular formula is C22H22N2O6. The standard InChI is InChI=1S/C22H22N2O6/c25-17-6-5-14(15-9-16(20(27)22(29)30)21(28)24-19(15)17)18(26)10-23-13-7-11-3-1-2-4-12(11)8-13/h1-6,9,13,18,20,23,25-27H,7-8,10H2,(H,24,28)(H,29,30). The fourth-order valence-corrected chi connectivity index (χ4v) is 4.04. The van der Waals surface area contributed by atoms with Crippen LogP contribution in [0.1, 0.15) is 34.5 Å². The Kier molecular flexibility index (Phi) is 5.29. The molecule has 3 aromatic rings. The molecule has 0 fully saturated rings. The topological polar surface area (TPSA) is 143 Å². The summed E-state index contributed by atoms with van der Waals surface area (Å²) in [5.41, 5.74) is 1.86. The lowest BCUT2D eigenvalue weighted by molar-refractivity contribution is -0.147. The summed E-state index contributed by atoms with van der Waals surface area (Å²) in [7, 11) is 0. The molecule has 1 aliphatic carbocycles. The summed E-state index contributed by atoms with van der Waals surface area (Å²) >= 11 is 0. The molecule has 2 aromatic carbocycles. The summed E-state index contributed by atoms with van der Waals surface area (Å²) in [6.07, 6.45) is -1.26. The number of fused-ring (bicyclic) bond motifs is 2. The molecule has 0 saturated heterocycles. The fraction of sp³-hybridized carbons (Fsp3) is 0.273. The number of pyridine rings is 1. The first kappa shape index (κ1) is 20.1. The Labute approximate surface area is 171 Å². The Hall–Kier alpha value is -3.20. The minimum Gasteiger partial charge on any atom is -0.506 e. The third kappa shape index (κ3) is 3.68. The Morgan fingerprint density at radius 2 is 1.77 bits per heavy atom. The van der Waals surface area contributed by atoms with E-state index < -0.39 is 23.7 Å². The van der Waals surface area contributed by atoms with Gasteiger partial charge in [0.15, 0.2) is 6.10 Å². The molecule has 0 spiro atoms. The van der Waals surface area contributed by atoms with Crippen molar-refractivity contribution in [3.05, 3.63) is 75.1 Å². The number of aromatic nitrogens is 1. The van der Waals surface area contributed by atoms with E-state index in [9.17, 15) is 24.9 Å². The van der Waals surface area contributed by atoms with Crippen LogP contribution in [-0.2, 0) is 17.6 Å². The van der Waals surface area contributed by atoms with Gasteiger partial charge in [-0.1, -0.05) is 30.3 Å².